The molecular formula is C15H19ClN2O2. The third-order valence-electron chi connectivity index (χ3n) is 2.87. The van der Waals surface area contributed by atoms with Crippen molar-refractivity contribution in [3.8, 4) is 5.75 Å². The Morgan fingerprint density at radius 1 is 1.35 bits per heavy atom. The molecule has 0 aliphatic rings. The number of ether oxygens (including phenoxy) is 1. The van der Waals surface area contributed by atoms with Crippen LogP contribution in [0.1, 0.15) is 30.4 Å². The molecule has 2 aromatic rings. The van der Waals surface area contributed by atoms with Crippen LogP contribution in [-0.4, -0.2) is 11.5 Å². The van der Waals surface area contributed by atoms with Gasteiger partial charge in [-0.05, 0) is 26.0 Å². The number of aromatic nitrogens is 1. The van der Waals surface area contributed by atoms with E-state index in [0.29, 0.717) is 17.4 Å². The molecule has 2 rings (SSSR count). The van der Waals surface area contributed by atoms with Gasteiger partial charge in [-0.1, -0.05) is 18.5 Å². The zero-order chi connectivity index (χ0) is 14.4. The number of furan rings is 1. The summed E-state index contributed by atoms with van der Waals surface area (Å²) >= 11 is 5.85. The van der Waals surface area contributed by atoms with Crippen LogP contribution in [0.5, 0.6) is 5.75 Å². The first-order valence-electron chi connectivity index (χ1n) is 6.71. The topological polar surface area (TPSA) is 47.3 Å². The Kier molecular flexibility index (Phi) is 5.44. The predicted octanol–water partition coefficient (Wildman–Crippen LogP) is 3.72. The summed E-state index contributed by atoms with van der Waals surface area (Å²) in [4.78, 5) is 3.97. The molecule has 4 nitrogen and oxygen atoms in total. The summed E-state index contributed by atoms with van der Waals surface area (Å²) in [7, 11) is 0. The SMILES string of the molecule is CCCNCc1cc(COc2cncc(Cl)c2)oc1C. The van der Waals surface area contributed by atoms with E-state index in [1.165, 1.54) is 5.56 Å². The molecule has 0 radical (unpaired) electrons. The van der Waals surface area contributed by atoms with E-state index in [1.54, 1.807) is 18.5 Å². The second-order valence-electron chi connectivity index (χ2n) is 4.60. The lowest BCUT2D eigenvalue weighted by molar-refractivity contribution is 0.266. The number of aryl methyl sites for hydroxylation is 1. The second-order valence-corrected chi connectivity index (χ2v) is 5.03. The van der Waals surface area contributed by atoms with Gasteiger partial charge in [0.25, 0.3) is 0 Å². The molecule has 2 aromatic heterocycles. The number of halogens is 1. The maximum absolute atomic E-state index is 5.85. The summed E-state index contributed by atoms with van der Waals surface area (Å²) in [6.45, 7) is 6.31. The second kappa shape index (κ2) is 7.31. The highest BCUT2D eigenvalue weighted by Crippen LogP contribution is 2.19. The summed E-state index contributed by atoms with van der Waals surface area (Å²) in [5.41, 5.74) is 1.17. The van der Waals surface area contributed by atoms with Crippen molar-refractivity contribution in [2.45, 2.75) is 33.4 Å². The van der Waals surface area contributed by atoms with Crippen LogP contribution in [0.15, 0.2) is 28.9 Å². The molecule has 108 valence electrons. The Balaban J connectivity index is 1.91. The standard InChI is InChI=1S/C15H19ClN2O2/c1-3-4-17-7-12-5-15(20-11(12)2)10-19-14-6-13(16)8-18-9-14/h5-6,8-9,17H,3-4,7,10H2,1-2H3. The van der Waals surface area contributed by atoms with Crippen LogP contribution in [0.2, 0.25) is 5.02 Å². The van der Waals surface area contributed by atoms with Crippen molar-refractivity contribution in [2.75, 3.05) is 6.54 Å². The van der Waals surface area contributed by atoms with Crippen LogP contribution in [-0.2, 0) is 13.2 Å². The van der Waals surface area contributed by atoms with E-state index >= 15 is 0 Å². The number of nitrogens with one attached hydrogen (secondary N) is 1. The zero-order valence-corrected chi connectivity index (χ0v) is 12.5. The molecule has 0 unspecified atom stereocenters. The van der Waals surface area contributed by atoms with Crippen LogP contribution in [0.4, 0.5) is 0 Å². The molecular weight excluding hydrogens is 276 g/mol. The molecule has 1 N–H and O–H groups in total. The van der Waals surface area contributed by atoms with Gasteiger partial charge in [-0.3, -0.25) is 4.98 Å². The highest BCUT2D eigenvalue weighted by atomic mass is 35.5. The van der Waals surface area contributed by atoms with Crippen molar-refractivity contribution in [1.82, 2.24) is 10.3 Å². The summed E-state index contributed by atoms with van der Waals surface area (Å²) in [6.07, 6.45) is 4.32. The molecule has 0 saturated carbocycles. The quantitative estimate of drug-likeness (QED) is 0.791. The van der Waals surface area contributed by atoms with Gasteiger partial charge in [0.1, 0.15) is 23.9 Å². The Labute approximate surface area is 124 Å². The van der Waals surface area contributed by atoms with Crippen LogP contribution in [0, 0.1) is 6.92 Å². The van der Waals surface area contributed by atoms with E-state index in [4.69, 9.17) is 20.8 Å². The average Bonchev–Trinajstić information content (AvgIpc) is 2.78. The third kappa shape index (κ3) is 4.25. The maximum Gasteiger partial charge on any atom is 0.146 e. The van der Waals surface area contributed by atoms with E-state index in [2.05, 4.69) is 17.2 Å². The Hall–Kier alpha value is -1.52. The first-order valence-corrected chi connectivity index (χ1v) is 7.09. The van der Waals surface area contributed by atoms with E-state index in [0.717, 1.165) is 31.0 Å². The smallest absolute Gasteiger partial charge is 0.146 e. The van der Waals surface area contributed by atoms with Crippen LogP contribution in [0.3, 0.4) is 0 Å². The van der Waals surface area contributed by atoms with Crippen molar-refractivity contribution in [1.29, 1.82) is 0 Å². The maximum atomic E-state index is 5.85. The number of hydrogen-bond donors (Lipinski definition) is 1. The van der Waals surface area contributed by atoms with E-state index < -0.39 is 0 Å². The molecule has 0 atom stereocenters. The minimum absolute atomic E-state index is 0.372. The van der Waals surface area contributed by atoms with Gasteiger partial charge in [-0.15, -0.1) is 0 Å². The lowest BCUT2D eigenvalue weighted by Crippen LogP contribution is -2.13. The molecule has 2 heterocycles. The number of nitrogens with zero attached hydrogens (tertiary/aromatic N) is 1. The highest BCUT2D eigenvalue weighted by molar-refractivity contribution is 6.30. The van der Waals surface area contributed by atoms with E-state index in [-0.39, 0.29) is 0 Å². The third-order valence-corrected chi connectivity index (χ3v) is 3.08. The average molecular weight is 295 g/mol. The van der Waals surface area contributed by atoms with Crippen molar-refractivity contribution in [3.05, 3.63) is 46.6 Å². The fraction of sp³-hybridized carbons (Fsp3) is 0.400. The van der Waals surface area contributed by atoms with Crippen LogP contribution < -0.4 is 10.1 Å². The van der Waals surface area contributed by atoms with Crippen LogP contribution in [0.25, 0.3) is 0 Å². The monoisotopic (exact) mass is 294 g/mol. The lowest BCUT2D eigenvalue weighted by atomic mass is 10.2. The number of hydrogen-bond acceptors (Lipinski definition) is 4. The number of pyridine rings is 1. The molecule has 0 saturated heterocycles. The predicted molar refractivity (Wildman–Crippen MR) is 79.0 cm³/mol. The molecule has 0 aliphatic carbocycles. The molecule has 0 spiro atoms. The van der Waals surface area contributed by atoms with Gasteiger partial charge in [0, 0.05) is 24.4 Å². The van der Waals surface area contributed by atoms with Gasteiger partial charge in [0.2, 0.25) is 0 Å². The van der Waals surface area contributed by atoms with E-state index in [1.807, 2.05) is 13.0 Å². The first kappa shape index (κ1) is 14.9. The summed E-state index contributed by atoms with van der Waals surface area (Å²) in [5, 5.41) is 3.92. The zero-order valence-electron chi connectivity index (χ0n) is 11.8. The van der Waals surface area contributed by atoms with Crippen molar-refractivity contribution < 1.29 is 9.15 Å². The van der Waals surface area contributed by atoms with Gasteiger partial charge in [-0.2, -0.15) is 0 Å². The Bertz CT molecular complexity index is 555. The molecule has 20 heavy (non-hydrogen) atoms. The van der Waals surface area contributed by atoms with Gasteiger partial charge in [-0.25, -0.2) is 0 Å². The van der Waals surface area contributed by atoms with Gasteiger partial charge in [0.05, 0.1) is 11.2 Å². The van der Waals surface area contributed by atoms with Crippen LogP contribution >= 0.6 is 11.6 Å². The normalized spacial score (nSPS) is 10.8. The summed E-state index contributed by atoms with van der Waals surface area (Å²) < 4.78 is 11.3. The highest BCUT2D eigenvalue weighted by Gasteiger charge is 2.08. The van der Waals surface area contributed by atoms with Gasteiger partial charge in [0.15, 0.2) is 0 Å². The molecule has 0 bridgehead atoms. The summed E-state index contributed by atoms with van der Waals surface area (Å²) in [6, 6.07) is 3.75. The van der Waals surface area contributed by atoms with E-state index in [9.17, 15) is 0 Å². The Morgan fingerprint density at radius 2 is 2.20 bits per heavy atom. The fourth-order valence-electron chi connectivity index (χ4n) is 1.86. The Morgan fingerprint density at radius 3 is 2.95 bits per heavy atom. The molecule has 0 fully saturated rings. The van der Waals surface area contributed by atoms with Crippen molar-refractivity contribution in [2.24, 2.45) is 0 Å². The first-order chi connectivity index (χ1) is 9.69. The van der Waals surface area contributed by atoms with Crippen molar-refractivity contribution >= 4 is 11.6 Å². The molecule has 0 amide bonds. The van der Waals surface area contributed by atoms with Gasteiger partial charge < -0.3 is 14.5 Å². The minimum atomic E-state index is 0.372. The minimum Gasteiger partial charge on any atom is -0.484 e. The fourth-order valence-corrected chi connectivity index (χ4v) is 2.02. The lowest BCUT2D eigenvalue weighted by Gasteiger charge is -2.03. The molecule has 5 heteroatoms. The number of rotatable bonds is 7. The molecule has 0 aromatic carbocycles. The summed E-state index contributed by atoms with van der Waals surface area (Å²) in [5.74, 6) is 2.37. The molecule has 0 aliphatic heterocycles. The van der Waals surface area contributed by atoms with Gasteiger partial charge >= 0.3 is 0 Å². The van der Waals surface area contributed by atoms with Crippen molar-refractivity contribution in [3.63, 3.8) is 0 Å². The largest absolute Gasteiger partial charge is 0.484 e.